The van der Waals surface area contributed by atoms with Gasteiger partial charge in [-0.15, -0.1) is 0 Å². The summed E-state index contributed by atoms with van der Waals surface area (Å²) in [5.74, 6) is 1.48. The van der Waals surface area contributed by atoms with Gasteiger partial charge in [-0.1, -0.05) is 12.1 Å². The van der Waals surface area contributed by atoms with E-state index in [1.54, 1.807) is 13.3 Å². The molecule has 2 aromatic rings. The summed E-state index contributed by atoms with van der Waals surface area (Å²) in [6, 6.07) is 9.88. The number of nitrogens with zero attached hydrogens (tertiary/aromatic N) is 3. The molecule has 2 atom stereocenters. The number of aromatic nitrogens is 2. The van der Waals surface area contributed by atoms with Gasteiger partial charge in [0.05, 0.1) is 19.3 Å². The number of aryl methyl sites for hydroxylation is 1. The summed E-state index contributed by atoms with van der Waals surface area (Å²) in [4.78, 5) is 10.9. The fourth-order valence-electron chi connectivity index (χ4n) is 2.77. The lowest BCUT2D eigenvalue weighted by Gasteiger charge is -2.25. The van der Waals surface area contributed by atoms with E-state index in [1.807, 2.05) is 37.3 Å². The number of aliphatic hydroxyl groups excluding tert-OH is 1. The van der Waals surface area contributed by atoms with Gasteiger partial charge in [-0.05, 0) is 37.1 Å². The summed E-state index contributed by atoms with van der Waals surface area (Å²) in [6.07, 6.45) is 2.06. The third kappa shape index (κ3) is 2.83. The standard InChI is InChI=1S/C16H19N3O2/c1-11-6-7-17-16(18-11)19-10-13(20)9-15(19)12-4-3-5-14(8-12)21-2/h3-8,13,15,20H,9-10H2,1-2H3/t13-,15+/m1/s1. The smallest absolute Gasteiger partial charge is 0.226 e. The highest BCUT2D eigenvalue weighted by molar-refractivity contribution is 5.41. The Morgan fingerprint density at radius 1 is 1.33 bits per heavy atom. The zero-order valence-corrected chi connectivity index (χ0v) is 12.2. The second kappa shape index (κ2) is 5.69. The molecule has 5 nitrogen and oxygen atoms in total. The first-order chi connectivity index (χ1) is 10.2. The van der Waals surface area contributed by atoms with Crippen LogP contribution in [0.3, 0.4) is 0 Å². The molecule has 0 saturated carbocycles. The largest absolute Gasteiger partial charge is 0.497 e. The van der Waals surface area contributed by atoms with E-state index in [0.717, 1.165) is 17.0 Å². The number of rotatable bonds is 3. The molecule has 0 aliphatic carbocycles. The van der Waals surface area contributed by atoms with Gasteiger partial charge < -0.3 is 14.7 Å². The Morgan fingerprint density at radius 2 is 2.19 bits per heavy atom. The van der Waals surface area contributed by atoms with Crippen molar-refractivity contribution in [3.8, 4) is 5.75 Å². The molecule has 0 bridgehead atoms. The van der Waals surface area contributed by atoms with Crippen molar-refractivity contribution in [2.24, 2.45) is 0 Å². The van der Waals surface area contributed by atoms with Crippen molar-refractivity contribution in [3.05, 3.63) is 47.8 Å². The van der Waals surface area contributed by atoms with Crippen molar-refractivity contribution in [2.75, 3.05) is 18.6 Å². The molecule has 3 rings (SSSR count). The number of aliphatic hydroxyl groups is 1. The number of ether oxygens (including phenoxy) is 1. The minimum absolute atomic E-state index is 0.0666. The maximum Gasteiger partial charge on any atom is 0.226 e. The Morgan fingerprint density at radius 3 is 2.95 bits per heavy atom. The molecule has 1 aliphatic heterocycles. The fraction of sp³-hybridized carbons (Fsp3) is 0.375. The van der Waals surface area contributed by atoms with E-state index in [9.17, 15) is 5.11 Å². The normalized spacial score (nSPS) is 21.6. The molecule has 0 unspecified atom stereocenters. The van der Waals surface area contributed by atoms with E-state index >= 15 is 0 Å². The Hall–Kier alpha value is -2.14. The molecular formula is C16H19N3O2. The second-order valence-electron chi connectivity index (χ2n) is 5.33. The number of hydrogen-bond acceptors (Lipinski definition) is 5. The molecule has 110 valence electrons. The predicted octanol–water partition coefficient (Wildman–Crippen LogP) is 2.11. The molecule has 0 radical (unpaired) electrons. The van der Waals surface area contributed by atoms with Gasteiger partial charge >= 0.3 is 0 Å². The number of β-amino-alcohol motifs (C(OH)–C–C–N with tert-alkyl or cyclic N) is 1. The molecule has 1 N–H and O–H groups in total. The molecule has 1 aliphatic rings. The van der Waals surface area contributed by atoms with Crippen molar-refractivity contribution >= 4 is 5.95 Å². The maximum absolute atomic E-state index is 10.1. The van der Waals surface area contributed by atoms with E-state index in [0.29, 0.717) is 18.9 Å². The quantitative estimate of drug-likeness (QED) is 0.936. The first-order valence-electron chi connectivity index (χ1n) is 7.05. The Balaban J connectivity index is 1.95. The van der Waals surface area contributed by atoms with Crippen LogP contribution in [0.15, 0.2) is 36.5 Å². The third-order valence-corrected chi connectivity index (χ3v) is 3.80. The van der Waals surface area contributed by atoms with Crippen LogP contribution in [0.2, 0.25) is 0 Å². The monoisotopic (exact) mass is 285 g/mol. The molecule has 5 heteroatoms. The lowest BCUT2D eigenvalue weighted by molar-refractivity contribution is 0.194. The van der Waals surface area contributed by atoms with Crippen LogP contribution < -0.4 is 9.64 Å². The first-order valence-corrected chi connectivity index (χ1v) is 7.05. The number of hydrogen-bond donors (Lipinski definition) is 1. The molecule has 1 saturated heterocycles. The minimum atomic E-state index is -0.370. The zero-order valence-electron chi connectivity index (χ0n) is 12.2. The third-order valence-electron chi connectivity index (χ3n) is 3.80. The maximum atomic E-state index is 10.1. The predicted molar refractivity (Wildman–Crippen MR) is 80.5 cm³/mol. The molecule has 21 heavy (non-hydrogen) atoms. The minimum Gasteiger partial charge on any atom is -0.497 e. The van der Waals surface area contributed by atoms with Crippen molar-refractivity contribution in [1.82, 2.24) is 9.97 Å². The van der Waals surface area contributed by atoms with Crippen LogP contribution in [0.25, 0.3) is 0 Å². The van der Waals surface area contributed by atoms with Gasteiger partial charge in [-0.25, -0.2) is 9.97 Å². The summed E-state index contributed by atoms with van der Waals surface area (Å²) < 4.78 is 5.29. The van der Waals surface area contributed by atoms with Gasteiger partial charge in [0.1, 0.15) is 5.75 Å². The van der Waals surface area contributed by atoms with Crippen LogP contribution in [0.1, 0.15) is 23.7 Å². The Bertz CT molecular complexity index is 632. The van der Waals surface area contributed by atoms with E-state index in [1.165, 1.54) is 0 Å². The van der Waals surface area contributed by atoms with Crippen LogP contribution in [-0.4, -0.2) is 34.8 Å². The van der Waals surface area contributed by atoms with Gasteiger partial charge in [0.15, 0.2) is 0 Å². The molecule has 1 aromatic carbocycles. The highest BCUT2D eigenvalue weighted by Crippen LogP contribution is 2.35. The molecule has 1 fully saturated rings. The van der Waals surface area contributed by atoms with E-state index in [-0.39, 0.29) is 12.1 Å². The van der Waals surface area contributed by atoms with E-state index in [2.05, 4.69) is 14.9 Å². The van der Waals surface area contributed by atoms with Gasteiger partial charge in [0.25, 0.3) is 0 Å². The summed E-state index contributed by atoms with van der Waals surface area (Å²) in [5, 5.41) is 10.1. The van der Waals surface area contributed by atoms with Crippen molar-refractivity contribution in [1.29, 1.82) is 0 Å². The first kappa shape index (κ1) is 13.8. The number of benzene rings is 1. The SMILES string of the molecule is COc1cccc([C@@H]2C[C@@H](O)CN2c2nccc(C)n2)c1. The summed E-state index contributed by atoms with van der Waals surface area (Å²) in [6.45, 7) is 2.49. The summed E-state index contributed by atoms with van der Waals surface area (Å²) in [7, 11) is 1.66. The zero-order chi connectivity index (χ0) is 14.8. The number of methoxy groups -OCH3 is 1. The van der Waals surface area contributed by atoms with Crippen molar-refractivity contribution in [2.45, 2.75) is 25.5 Å². The fourth-order valence-corrected chi connectivity index (χ4v) is 2.77. The van der Waals surface area contributed by atoms with Gasteiger partial charge in [0.2, 0.25) is 5.95 Å². The molecule has 0 amide bonds. The Labute approximate surface area is 124 Å². The van der Waals surface area contributed by atoms with E-state index in [4.69, 9.17) is 4.74 Å². The van der Waals surface area contributed by atoms with Crippen LogP contribution in [0.4, 0.5) is 5.95 Å². The highest BCUT2D eigenvalue weighted by atomic mass is 16.5. The Kier molecular flexibility index (Phi) is 3.75. The van der Waals surface area contributed by atoms with Gasteiger partial charge in [0, 0.05) is 18.4 Å². The molecule has 2 heterocycles. The topological polar surface area (TPSA) is 58.5 Å². The molecule has 1 aromatic heterocycles. The van der Waals surface area contributed by atoms with Gasteiger partial charge in [-0.3, -0.25) is 0 Å². The highest BCUT2D eigenvalue weighted by Gasteiger charge is 2.33. The average Bonchev–Trinajstić information content (AvgIpc) is 2.89. The summed E-state index contributed by atoms with van der Waals surface area (Å²) in [5.41, 5.74) is 2.03. The average molecular weight is 285 g/mol. The number of anilines is 1. The van der Waals surface area contributed by atoms with Crippen LogP contribution in [0.5, 0.6) is 5.75 Å². The summed E-state index contributed by atoms with van der Waals surface area (Å²) >= 11 is 0. The molecule has 0 spiro atoms. The lowest BCUT2D eigenvalue weighted by Crippen LogP contribution is -2.26. The lowest BCUT2D eigenvalue weighted by atomic mass is 10.0. The van der Waals surface area contributed by atoms with Crippen LogP contribution in [-0.2, 0) is 0 Å². The van der Waals surface area contributed by atoms with Crippen molar-refractivity contribution < 1.29 is 9.84 Å². The second-order valence-corrected chi connectivity index (χ2v) is 5.33. The van der Waals surface area contributed by atoms with Crippen LogP contribution in [0, 0.1) is 6.92 Å². The van der Waals surface area contributed by atoms with Crippen LogP contribution >= 0.6 is 0 Å². The van der Waals surface area contributed by atoms with Gasteiger partial charge in [-0.2, -0.15) is 0 Å². The molecular weight excluding hydrogens is 266 g/mol. The van der Waals surface area contributed by atoms with Crippen molar-refractivity contribution in [3.63, 3.8) is 0 Å². The van der Waals surface area contributed by atoms with E-state index < -0.39 is 0 Å².